The van der Waals surface area contributed by atoms with Crippen molar-refractivity contribution in [3.63, 3.8) is 0 Å². The second-order valence-electron chi connectivity index (χ2n) is 4.85. The van der Waals surface area contributed by atoms with Crippen LogP contribution in [0.1, 0.15) is 24.2 Å². The van der Waals surface area contributed by atoms with Crippen LogP contribution in [0.2, 0.25) is 0 Å². The van der Waals surface area contributed by atoms with Crippen molar-refractivity contribution in [3.05, 3.63) is 35.3 Å². The van der Waals surface area contributed by atoms with Crippen molar-refractivity contribution >= 4 is 34.0 Å². The lowest BCUT2D eigenvalue weighted by Gasteiger charge is -2.12. The van der Waals surface area contributed by atoms with E-state index in [0.717, 1.165) is 0 Å². The molecule has 0 aliphatic heterocycles. The average Bonchev–Trinajstić information content (AvgIpc) is 2.99. The van der Waals surface area contributed by atoms with Crippen LogP contribution in [0.3, 0.4) is 0 Å². The highest BCUT2D eigenvalue weighted by Crippen LogP contribution is 2.25. The van der Waals surface area contributed by atoms with Crippen LogP contribution in [0.4, 0.5) is 10.8 Å². The minimum Gasteiger partial charge on any atom is -0.496 e. The average molecular weight is 319 g/mol. The van der Waals surface area contributed by atoms with Gasteiger partial charge in [0, 0.05) is 29.2 Å². The van der Waals surface area contributed by atoms with Crippen LogP contribution in [-0.2, 0) is 4.79 Å². The Bertz CT molecular complexity index is 669. The predicted octanol–water partition coefficient (Wildman–Crippen LogP) is 3.00. The van der Waals surface area contributed by atoms with Gasteiger partial charge in [0.05, 0.1) is 12.7 Å². The zero-order valence-corrected chi connectivity index (χ0v) is 13.4. The molecular formula is C15H17N3O3S. The molecule has 1 aromatic carbocycles. The van der Waals surface area contributed by atoms with Crippen LogP contribution < -0.4 is 15.4 Å². The van der Waals surface area contributed by atoms with E-state index in [1.54, 1.807) is 29.8 Å². The molecule has 0 aliphatic carbocycles. The Kier molecular flexibility index (Phi) is 5.11. The maximum Gasteiger partial charge on any atom is 0.261 e. The first-order chi connectivity index (χ1) is 10.5. The molecule has 1 heterocycles. The van der Waals surface area contributed by atoms with E-state index in [1.807, 2.05) is 13.8 Å². The lowest BCUT2D eigenvalue weighted by atomic mass is 10.1. The van der Waals surface area contributed by atoms with E-state index < -0.39 is 0 Å². The number of carbonyl (C=O) groups excluding carboxylic acids is 2. The third-order valence-corrected chi connectivity index (χ3v) is 3.58. The summed E-state index contributed by atoms with van der Waals surface area (Å²) in [5.74, 6) is -0.148. The van der Waals surface area contributed by atoms with Gasteiger partial charge in [0.2, 0.25) is 5.91 Å². The third kappa shape index (κ3) is 3.82. The van der Waals surface area contributed by atoms with Crippen LogP contribution >= 0.6 is 11.3 Å². The fraction of sp³-hybridized carbons (Fsp3) is 0.267. The van der Waals surface area contributed by atoms with E-state index in [2.05, 4.69) is 15.6 Å². The Morgan fingerprint density at radius 1 is 1.27 bits per heavy atom. The summed E-state index contributed by atoms with van der Waals surface area (Å²) in [6, 6.07) is 4.90. The second kappa shape index (κ2) is 7.04. The topological polar surface area (TPSA) is 80.3 Å². The SMILES string of the molecule is COc1cc(NC(=O)C(C)C)ccc1C(=O)Nc1nccs1. The fourth-order valence-electron chi connectivity index (χ4n) is 1.69. The molecule has 2 N–H and O–H groups in total. The number of benzene rings is 1. The summed E-state index contributed by atoms with van der Waals surface area (Å²) in [6.45, 7) is 3.62. The summed E-state index contributed by atoms with van der Waals surface area (Å²) in [5.41, 5.74) is 0.960. The number of nitrogens with one attached hydrogen (secondary N) is 2. The Hall–Kier alpha value is -2.41. The lowest BCUT2D eigenvalue weighted by molar-refractivity contribution is -0.118. The number of hydrogen-bond acceptors (Lipinski definition) is 5. The molecule has 1 aromatic heterocycles. The Morgan fingerprint density at radius 3 is 2.64 bits per heavy atom. The highest BCUT2D eigenvalue weighted by Gasteiger charge is 2.15. The maximum atomic E-state index is 12.2. The van der Waals surface area contributed by atoms with Crippen molar-refractivity contribution in [1.29, 1.82) is 0 Å². The van der Waals surface area contributed by atoms with Gasteiger partial charge in [0.25, 0.3) is 5.91 Å². The number of aromatic nitrogens is 1. The molecule has 22 heavy (non-hydrogen) atoms. The summed E-state index contributed by atoms with van der Waals surface area (Å²) in [4.78, 5) is 27.9. The van der Waals surface area contributed by atoms with Gasteiger partial charge in [-0.2, -0.15) is 0 Å². The summed E-state index contributed by atoms with van der Waals surface area (Å²) < 4.78 is 5.24. The molecule has 2 rings (SSSR count). The normalized spacial score (nSPS) is 10.4. The number of methoxy groups -OCH3 is 1. The standard InChI is InChI=1S/C15H17N3O3S/c1-9(2)13(19)17-10-4-5-11(12(8-10)21-3)14(20)18-15-16-6-7-22-15/h4-9H,1-3H3,(H,17,19)(H,16,18,20). The second-order valence-corrected chi connectivity index (χ2v) is 5.74. The van der Waals surface area contributed by atoms with Crippen LogP contribution in [-0.4, -0.2) is 23.9 Å². The summed E-state index contributed by atoms with van der Waals surface area (Å²) in [6.07, 6.45) is 1.61. The van der Waals surface area contributed by atoms with E-state index in [0.29, 0.717) is 22.1 Å². The largest absolute Gasteiger partial charge is 0.496 e. The molecule has 2 amide bonds. The number of thiazole rings is 1. The van der Waals surface area contributed by atoms with Crippen LogP contribution in [0.15, 0.2) is 29.8 Å². The molecule has 0 unspecified atom stereocenters. The first-order valence-corrected chi connectivity index (χ1v) is 7.59. The minimum absolute atomic E-state index is 0.0953. The molecule has 116 valence electrons. The summed E-state index contributed by atoms with van der Waals surface area (Å²) in [7, 11) is 1.48. The summed E-state index contributed by atoms with van der Waals surface area (Å²) in [5, 5.41) is 7.75. The molecule has 7 heteroatoms. The highest BCUT2D eigenvalue weighted by molar-refractivity contribution is 7.13. The van der Waals surface area contributed by atoms with Gasteiger partial charge in [-0.15, -0.1) is 11.3 Å². The molecule has 2 aromatic rings. The zero-order valence-electron chi connectivity index (χ0n) is 12.5. The van der Waals surface area contributed by atoms with E-state index in [9.17, 15) is 9.59 Å². The fourth-order valence-corrected chi connectivity index (χ4v) is 2.22. The smallest absolute Gasteiger partial charge is 0.261 e. The first kappa shape index (κ1) is 16.0. The third-order valence-electron chi connectivity index (χ3n) is 2.89. The van der Waals surface area contributed by atoms with Gasteiger partial charge in [0.1, 0.15) is 5.75 Å². The molecule has 0 saturated carbocycles. The van der Waals surface area contributed by atoms with Crippen LogP contribution in [0.5, 0.6) is 5.75 Å². The zero-order chi connectivity index (χ0) is 16.1. The quantitative estimate of drug-likeness (QED) is 0.888. The van der Waals surface area contributed by atoms with Crippen molar-refractivity contribution in [2.24, 2.45) is 5.92 Å². The van der Waals surface area contributed by atoms with E-state index >= 15 is 0 Å². The molecular weight excluding hydrogens is 302 g/mol. The number of hydrogen-bond donors (Lipinski definition) is 2. The maximum absolute atomic E-state index is 12.2. The molecule has 0 spiro atoms. The number of ether oxygens (including phenoxy) is 1. The number of amides is 2. The van der Waals surface area contributed by atoms with Gasteiger partial charge in [-0.05, 0) is 12.1 Å². The number of carbonyl (C=O) groups is 2. The van der Waals surface area contributed by atoms with Gasteiger partial charge >= 0.3 is 0 Å². The van der Waals surface area contributed by atoms with Crippen LogP contribution in [0.25, 0.3) is 0 Å². The molecule has 0 bridgehead atoms. The Morgan fingerprint density at radius 2 is 2.05 bits per heavy atom. The first-order valence-electron chi connectivity index (χ1n) is 6.71. The highest BCUT2D eigenvalue weighted by atomic mass is 32.1. The summed E-state index contributed by atoms with van der Waals surface area (Å²) >= 11 is 1.33. The molecule has 6 nitrogen and oxygen atoms in total. The minimum atomic E-state index is -0.312. The van der Waals surface area contributed by atoms with Crippen molar-refractivity contribution in [1.82, 2.24) is 4.98 Å². The predicted molar refractivity (Wildman–Crippen MR) is 86.5 cm³/mol. The van der Waals surface area contributed by atoms with E-state index in [1.165, 1.54) is 18.4 Å². The number of anilines is 2. The molecule has 0 saturated heterocycles. The van der Waals surface area contributed by atoms with Crippen molar-refractivity contribution in [2.45, 2.75) is 13.8 Å². The van der Waals surface area contributed by atoms with Crippen molar-refractivity contribution in [2.75, 3.05) is 17.7 Å². The van der Waals surface area contributed by atoms with Gasteiger partial charge in [-0.25, -0.2) is 4.98 Å². The van der Waals surface area contributed by atoms with Gasteiger partial charge < -0.3 is 10.1 Å². The van der Waals surface area contributed by atoms with E-state index in [4.69, 9.17) is 4.74 Å². The molecule has 0 radical (unpaired) electrons. The van der Waals surface area contributed by atoms with E-state index in [-0.39, 0.29) is 17.7 Å². The number of rotatable bonds is 5. The van der Waals surface area contributed by atoms with Gasteiger partial charge in [-0.3, -0.25) is 14.9 Å². The molecule has 0 fully saturated rings. The monoisotopic (exact) mass is 319 g/mol. The number of nitrogens with zero attached hydrogens (tertiary/aromatic N) is 1. The van der Waals surface area contributed by atoms with Gasteiger partial charge in [-0.1, -0.05) is 13.8 Å². The van der Waals surface area contributed by atoms with Crippen molar-refractivity contribution in [3.8, 4) is 5.75 Å². The van der Waals surface area contributed by atoms with Gasteiger partial charge in [0.15, 0.2) is 5.13 Å². The molecule has 0 aliphatic rings. The Balaban J connectivity index is 2.18. The molecule has 0 atom stereocenters. The van der Waals surface area contributed by atoms with Crippen LogP contribution in [0, 0.1) is 5.92 Å². The van der Waals surface area contributed by atoms with Crippen molar-refractivity contribution < 1.29 is 14.3 Å². The lowest BCUT2D eigenvalue weighted by Crippen LogP contribution is -2.18. The Labute approximate surface area is 132 Å².